The van der Waals surface area contributed by atoms with Gasteiger partial charge in [0, 0.05) is 5.56 Å². The summed E-state index contributed by atoms with van der Waals surface area (Å²) in [5, 5.41) is 0. The smallest absolute Gasteiger partial charge is 0.326 e. The molecule has 4 aromatic rings. The molecule has 0 radical (unpaired) electrons. The summed E-state index contributed by atoms with van der Waals surface area (Å²) in [5.74, 6) is 0.447. The molecule has 0 saturated carbocycles. The van der Waals surface area contributed by atoms with Crippen molar-refractivity contribution >= 4 is 33.4 Å². The van der Waals surface area contributed by atoms with Gasteiger partial charge in [0.1, 0.15) is 18.0 Å². The van der Waals surface area contributed by atoms with E-state index >= 15 is 0 Å². The molecule has 1 aromatic heterocycles. The van der Waals surface area contributed by atoms with Gasteiger partial charge < -0.3 is 14.0 Å². The monoisotopic (exact) mass is 460 g/mol. The molecule has 0 fully saturated rings. The number of benzene rings is 3. The van der Waals surface area contributed by atoms with Crippen LogP contribution in [0.2, 0.25) is 0 Å². The first-order chi connectivity index (χ1) is 15.9. The average Bonchev–Trinajstić information content (AvgIpc) is 3.11. The van der Waals surface area contributed by atoms with E-state index in [4.69, 9.17) is 9.47 Å². The summed E-state index contributed by atoms with van der Waals surface area (Å²) in [7, 11) is 0. The normalized spacial score (nSPS) is 11.5. The van der Waals surface area contributed by atoms with Gasteiger partial charge in [0.25, 0.3) is 5.91 Å². The largest absolute Gasteiger partial charge is 0.465 e. The summed E-state index contributed by atoms with van der Waals surface area (Å²) in [6, 6.07) is 20.4. The van der Waals surface area contributed by atoms with Crippen LogP contribution in [0.3, 0.4) is 0 Å². The third kappa shape index (κ3) is 5.21. The molecule has 1 heterocycles. The molecule has 7 heteroatoms. The number of esters is 1. The van der Waals surface area contributed by atoms with E-state index in [9.17, 15) is 9.59 Å². The van der Waals surface area contributed by atoms with Gasteiger partial charge in [0.15, 0.2) is 4.80 Å². The molecule has 0 unspecified atom stereocenters. The number of fused-ring (bicyclic) bond motifs is 1. The Labute approximate surface area is 195 Å². The lowest BCUT2D eigenvalue weighted by atomic mass is 10.1. The van der Waals surface area contributed by atoms with Crippen molar-refractivity contribution in [3.63, 3.8) is 0 Å². The van der Waals surface area contributed by atoms with Crippen LogP contribution < -0.4 is 9.54 Å². The number of amides is 1. The highest BCUT2D eigenvalue weighted by molar-refractivity contribution is 7.16. The molecule has 4 rings (SSSR count). The van der Waals surface area contributed by atoms with E-state index in [1.54, 1.807) is 35.8 Å². The Morgan fingerprint density at radius 3 is 2.48 bits per heavy atom. The first kappa shape index (κ1) is 22.5. The number of carbonyl (C=O) groups is 2. The number of para-hydroxylation sites is 1. The van der Waals surface area contributed by atoms with E-state index in [0.29, 0.717) is 28.5 Å². The lowest BCUT2D eigenvalue weighted by Crippen LogP contribution is -2.23. The van der Waals surface area contributed by atoms with Gasteiger partial charge in [-0.1, -0.05) is 41.7 Å². The Kier molecular flexibility index (Phi) is 6.70. The third-order valence-corrected chi connectivity index (χ3v) is 5.99. The number of rotatable bonds is 6. The van der Waals surface area contributed by atoms with E-state index in [2.05, 4.69) is 4.99 Å². The second-order valence-electron chi connectivity index (χ2n) is 7.56. The molecule has 0 N–H and O–H groups in total. The van der Waals surface area contributed by atoms with E-state index in [1.807, 2.05) is 56.3 Å². The first-order valence-electron chi connectivity index (χ1n) is 10.6. The second kappa shape index (κ2) is 9.83. The molecular weight excluding hydrogens is 436 g/mol. The van der Waals surface area contributed by atoms with Gasteiger partial charge in [-0.25, -0.2) is 0 Å². The molecule has 0 aliphatic rings. The van der Waals surface area contributed by atoms with Crippen LogP contribution in [0.25, 0.3) is 10.2 Å². The molecule has 0 bridgehead atoms. The average molecular weight is 461 g/mol. The van der Waals surface area contributed by atoms with Crippen molar-refractivity contribution in [3.05, 3.63) is 88.2 Å². The van der Waals surface area contributed by atoms with Crippen molar-refractivity contribution in [3.8, 4) is 11.5 Å². The van der Waals surface area contributed by atoms with Gasteiger partial charge in [0.05, 0.1) is 16.8 Å². The van der Waals surface area contributed by atoms with E-state index < -0.39 is 5.91 Å². The fourth-order valence-electron chi connectivity index (χ4n) is 3.63. The highest BCUT2D eigenvalue weighted by Crippen LogP contribution is 2.24. The Morgan fingerprint density at radius 1 is 0.970 bits per heavy atom. The number of carbonyl (C=O) groups excluding carboxylic acids is 2. The van der Waals surface area contributed by atoms with Crippen molar-refractivity contribution in [2.45, 2.75) is 27.3 Å². The lowest BCUT2D eigenvalue weighted by molar-refractivity contribution is -0.143. The summed E-state index contributed by atoms with van der Waals surface area (Å²) >= 11 is 1.38. The predicted octanol–water partition coefficient (Wildman–Crippen LogP) is 5.42. The molecule has 0 saturated heterocycles. The molecule has 33 heavy (non-hydrogen) atoms. The molecule has 0 aliphatic heterocycles. The maximum Gasteiger partial charge on any atom is 0.326 e. The maximum absolute atomic E-state index is 13.1. The minimum atomic E-state index is -0.410. The predicted molar refractivity (Wildman–Crippen MR) is 129 cm³/mol. The summed E-state index contributed by atoms with van der Waals surface area (Å²) < 4.78 is 13.7. The molecule has 0 atom stereocenters. The zero-order valence-corrected chi connectivity index (χ0v) is 19.5. The molecule has 6 nitrogen and oxygen atoms in total. The van der Waals surface area contributed by atoms with Crippen molar-refractivity contribution in [2.75, 3.05) is 6.61 Å². The van der Waals surface area contributed by atoms with Crippen LogP contribution in [0.4, 0.5) is 0 Å². The first-order valence-corrected chi connectivity index (χ1v) is 11.4. The van der Waals surface area contributed by atoms with Crippen LogP contribution in [0.5, 0.6) is 11.5 Å². The van der Waals surface area contributed by atoms with Crippen LogP contribution >= 0.6 is 11.3 Å². The van der Waals surface area contributed by atoms with Gasteiger partial charge in [-0.2, -0.15) is 4.99 Å². The van der Waals surface area contributed by atoms with Gasteiger partial charge in [-0.05, 0) is 68.3 Å². The minimum absolute atomic E-state index is 0.0129. The Bertz CT molecular complexity index is 1390. The topological polar surface area (TPSA) is 69.9 Å². The number of ether oxygens (including phenoxy) is 2. The van der Waals surface area contributed by atoms with Crippen LogP contribution in [0, 0.1) is 13.8 Å². The maximum atomic E-state index is 13.1. The molecule has 0 aliphatic carbocycles. The summed E-state index contributed by atoms with van der Waals surface area (Å²) in [4.78, 5) is 30.2. The van der Waals surface area contributed by atoms with Gasteiger partial charge >= 0.3 is 5.97 Å². The number of aromatic nitrogens is 1. The fourth-order valence-corrected chi connectivity index (χ4v) is 4.83. The quantitative estimate of drug-likeness (QED) is 0.361. The van der Waals surface area contributed by atoms with E-state index in [-0.39, 0.29) is 12.5 Å². The Balaban J connectivity index is 1.73. The van der Waals surface area contributed by atoms with Crippen molar-refractivity contribution in [1.29, 1.82) is 0 Å². The Hall–Kier alpha value is -3.71. The number of thiazole rings is 1. The van der Waals surface area contributed by atoms with Gasteiger partial charge in [0.2, 0.25) is 0 Å². The number of hydrogen-bond donors (Lipinski definition) is 0. The van der Waals surface area contributed by atoms with Crippen LogP contribution in [-0.4, -0.2) is 23.1 Å². The molecule has 168 valence electrons. The molecule has 1 amide bonds. The van der Waals surface area contributed by atoms with Crippen molar-refractivity contribution in [2.24, 2.45) is 4.99 Å². The third-order valence-electron chi connectivity index (χ3n) is 4.96. The van der Waals surface area contributed by atoms with Crippen molar-refractivity contribution < 1.29 is 19.1 Å². The standard InChI is InChI=1S/C26H24N2O4S/c1-4-31-23(29)16-28-24-18(3)13-17(2)14-22(24)33-26(28)27-25(30)19-9-8-12-21(15-19)32-20-10-6-5-7-11-20/h5-15H,4,16H2,1-3H3. The SMILES string of the molecule is CCOC(=O)Cn1c(=NC(=O)c2cccc(Oc3ccccc3)c2)sc2cc(C)cc(C)c21. The number of aryl methyl sites for hydroxylation is 2. The van der Waals surface area contributed by atoms with Crippen LogP contribution in [-0.2, 0) is 16.1 Å². The van der Waals surface area contributed by atoms with Crippen LogP contribution in [0.15, 0.2) is 71.7 Å². The highest BCUT2D eigenvalue weighted by Gasteiger charge is 2.15. The fraction of sp³-hybridized carbons (Fsp3) is 0.192. The number of hydrogen-bond acceptors (Lipinski definition) is 5. The minimum Gasteiger partial charge on any atom is -0.465 e. The molecule has 3 aromatic carbocycles. The highest BCUT2D eigenvalue weighted by atomic mass is 32.1. The Morgan fingerprint density at radius 2 is 1.73 bits per heavy atom. The van der Waals surface area contributed by atoms with Gasteiger partial charge in [-0.15, -0.1) is 0 Å². The second-order valence-corrected chi connectivity index (χ2v) is 8.57. The van der Waals surface area contributed by atoms with Crippen LogP contribution in [0.1, 0.15) is 28.4 Å². The summed E-state index contributed by atoms with van der Waals surface area (Å²) in [6.45, 7) is 6.05. The van der Waals surface area contributed by atoms with Crippen molar-refractivity contribution in [1.82, 2.24) is 4.57 Å². The zero-order chi connectivity index (χ0) is 23.4. The van der Waals surface area contributed by atoms with E-state index in [1.165, 1.54) is 11.3 Å². The number of nitrogens with zero attached hydrogens (tertiary/aromatic N) is 2. The van der Waals surface area contributed by atoms with Gasteiger partial charge in [-0.3, -0.25) is 9.59 Å². The lowest BCUT2D eigenvalue weighted by Gasteiger charge is -2.08. The summed E-state index contributed by atoms with van der Waals surface area (Å²) in [6.07, 6.45) is 0. The zero-order valence-electron chi connectivity index (χ0n) is 18.7. The summed E-state index contributed by atoms with van der Waals surface area (Å²) in [5.41, 5.74) is 3.40. The van der Waals surface area contributed by atoms with E-state index in [0.717, 1.165) is 21.3 Å². The molecule has 0 spiro atoms. The molecular formula is C26H24N2O4S.